The highest BCUT2D eigenvalue weighted by Gasteiger charge is 2.35. The summed E-state index contributed by atoms with van der Waals surface area (Å²) < 4.78 is 0. The van der Waals surface area contributed by atoms with Crippen molar-refractivity contribution in [3.05, 3.63) is 90.3 Å². The lowest BCUT2D eigenvalue weighted by atomic mass is 9.93. The highest BCUT2D eigenvalue weighted by atomic mass is 16.4. The molecule has 2 heterocycles. The first-order valence-electron chi connectivity index (χ1n) is 9.79. The van der Waals surface area contributed by atoms with Crippen LogP contribution >= 0.6 is 0 Å². The highest BCUT2D eigenvalue weighted by Crippen LogP contribution is 2.34. The van der Waals surface area contributed by atoms with Crippen molar-refractivity contribution >= 4 is 5.97 Å². The molecule has 142 valence electrons. The zero-order valence-corrected chi connectivity index (χ0v) is 15.7. The largest absolute Gasteiger partial charge is 0.480 e. The van der Waals surface area contributed by atoms with Gasteiger partial charge in [0.25, 0.3) is 0 Å². The highest BCUT2D eigenvalue weighted by molar-refractivity contribution is 5.73. The Bertz CT molecular complexity index is 910. The fourth-order valence-electron chi connectivity index (χ4n) is 4.09. The Labute approximate surface area is 165 Å². The minimum atomic E-state index is -0.749. The fraction of sp³-hybridized carbons (Fsp3) is 0.250. The lowest BCUT2D eigenvalue weighted by Crippen LogP contribution is -2.47. The monoisotopic (exact) mass is 372 g/mol. The van der Waals surface area contributed by atoms with Crippen molar-refractivity contribution in [3.63, 3.8) is 0 Å². The molecular weight excluding hydrogens is 348 g/mol. The van der Waals surface area contributed by atoms with Gasteiger partial charge in [0, 0.05) is 6.20 Å². The number of piperidine rings is 1. The van der Waals surface area contributed by atoms with Crippen LogP contribution < -0.4 is 0 Å². The molecule has 2 unspecified atom stereocenters. The lowest BCUT2D eigenvalue weighted by molar-refractivity contribution is -0.145. The van der Waals surface area contributed by atoms with Crippen molar-refractivity contribution in [1.29, 1.82) is 0 Å². The van der Waals surface area contributed by atoms with E-state index in [9.17, 15) is 9.90 Å². The normalized spacial score (nSPS) is 18.5. The molecule has 1 aliphatic heterocycles. The molecule has 0 spiro atoms. The van der Waals surface area contributed by atoms with Crippen molar-refractivity contribution in [3.8, 4) is 11.1 Å². The topological polar surface area (TPSA) is 53.4 Å². The summed E-state index contributed by atoms with van der Waals surface area (Å²) in [5.41, 5.74) is 4.29. The minimum Gasteiger partial charge on any atom is -0.480 e. The van der Waals surface area contributed by atoms with Crippen LogP contribution in [-0.2, 0) is 4.79 Å². The standard InChI is InChI=1S/C24H24N2O2/c27-24(28)22-11-5-7-17-26(22)23(21-10-4-6-16-25-21)20-14-12-19(13-15-20)18-8-2-1-3-9-18/h1-4,6,8-10,12-16,22-23H,5,7,11,17H2,(H,27,28). The molecule has 1 aliphatic rings. The molecule has 2 atom stereocenters. The SMILES string of the molecule is O=C(O)C1CCCCN1C(c1ccc(-c2ccccc2)cc1)c1ccccn1. The molecule has 1 saturated heterocycles. The molecule has 4 nitrogen and oxygen atoms in total. The second-order valence-corrected chi connectivity index (χ2v) is 7.23. The van der Waals surface area contributed by atoms with E-state index in [0.717, 1.165) is 36.2 Å². The number of carboxylic acid groups (broad SMARTS) is 1. The van der Waals surface area contributed by atoms with E-state index in [1.807, 2.05) is 36.4 Å². The summed E-state index contributed by atoms with van der Waals surface area (Å²) in [6, 6.07) is 23.9. The van der Waals surface area contributed by atoms with Gasteiger partial charge < -0.3 is 5.11 Å². The van der Waals surface area contributed by atoms with Crippen LogP contribution in [-0.4, -0.2) is 33.5 Å². The third-order valence-corrected chi connectivity index (χ3v) is 5.46. The van der Waals surface area contributed by atoms with Crippen molar-refractivity contribution in [2.75, 3.05) is 6.54 Å². The van der Waals surface area contributed by atoms with Gasteiger partial charge in [0.2, 0.25) is 0 Å². The van der Waals surface area contributed by atoms with Crippen LogP contribution in [0.15, 0.2) is 79.0 Å². The summed E-state index contributed by atoms with van der Waals surface area (Å²) in [4.78, 5) is 18.6. The third-order valence-electron chi connectivity index (χ3n) is 5.46. The van der Waals surface area contributed by atoms with Crippen LogP contribution in [0, 0.1) is 0 Å². The van der Waals surface area contributed by atoms with Crippen molar-refractivity contribution in [1.82, 2.24) is 9.88 Å². The third kappa shape index (κ3) is 3.82. The lowest BCUT2D eigenvalue weighted by Gasteiger charge is -2.39. The molecule has 1 N–H and O–H groups in total. The predicted molar refractivity (Wildman–Crippen MR) is 110 cm³/mol. The summed E-state index contributed by atoms with van der Waals surface area (Å²) in [5.74, 6) is -0.749. The molecular formula is C24H24N2O2. The van der Waals surface area contributed by atoms with Gasteiger partial charge in [-0.3, -0.25) is 14.7 Å². The summed E-state index contributed by atoms with van der Waals surface area (Å²) in [6.45, 7) is 0.763. The molecule has 0 bridgehead atoms. The summed E-state index contributed by atoms with van der Waals surface area (Å²) in [7, 11) is 0. The number of nitrogens with zero attached hydrogens (tertiary/aromatic N) is 2. The predicted octanol–water partition coefficient (Wildman–Crippen LogP) is 4.78. The van der Waals surface area contributed by atoms with Gasteiger partial charge in [0.15, 0.2) is 0 Å². The van der Waals surface area contributed by atoms with Gasteiger partial charge in [-0.1, -0.05) is 67.1 Å². The number of carbonyl (C=O) groups is 1. The van der Waals surface area contributed by atoms with Gasteiger partial charge in [-0.05, 0) is 48.2 Å². The molecule has 0 aliphatic carbocycles. The van der Waals surface area contributed by atoms with Crippen molar-refractivity contribution in [2.45, 2.75) is 31.3 Å². The molecule has 0 saturated carbocycles. The molecule has 28 heavy (non-hydrogen) atoms. The maximum absolute atomic E-state index is 11.9. The second kappa shape index (κ2) is 8.36. The molecule has 4 rings (SSSR count). The van der Waals surface area contributed by atoms with Crippen LogP contribution in [0.1, 0.15) is 36.6 Å². The van der Waals surface area contributed by atoms with Crippen LogP contribution in [0.3, 0.4) is 0 Å². The van der Waals surface area contributed by atoms with E-state index in [2.05, 4.69) is 46.3 Å². The molecule has 0 radical (unpaired) electrons. The second-order valence-electron chi connectivity index (χ2n) is 7.23. The molecule has 1 fully saturated rings. The van der Waals surface area contributed by atoms with Gasteiger partial charge in [0.1, 0.15) is 6.04 Å². The maximum Gasteiger partial charge on any atom is 0.320 e. The zero-order chi connectivity index (χ0) is 19.3. The Hall–Kier alpha value is -2.98. The fourth-order valence-corrected chi connectivity index (χ4v) is 4.09. The molecule has 2 aromatic carbocycles. The number of carboxylic acids is 1. The van der Waals surface area contributed by atoms with E-state index < -0.39 is 12.0 Å². The van der Waals surface area contributed by atoms with Crippen molar-refractivity contribution < 1.29 is 9.90 Å². The number of hydrogen-bond donors (Lipinski definition) is 1. The number of aromatic nitrogens is 1. The van der Waals surface area contributed by atoms with E-state index in [1.54, 1.807) is 6.20 Å². The average molecular weight is 372 g/mol. The van der Waals surface area contributed by atoms with Gasteiger partial charge in [-0.15, -0.1) is 0 Å². The van der Waals surface area contributed by atoms with Gasteiger partial charge in [-0.2, -0.15) is 0 Å². The molecule has 1 aromatic heterocycles. The van der Waals surface area contributed by atoms with E-state index in [4.69, 9.17) is 0 Å². The molecule has 0 amide bonds. The van der Waals surface area contributed by atoms with E-state index in [-0.39, 0.29) is 6.04 Å². The Balaban J connectivity index is 1.72. The van der Waals surface area contributed by atoms with Gasteiger partial charge >= 0.3 is 5.97 Å². The van der Waals surface area contributed by atoms with Gasteiger partial charge in [0.05, 0.1) is 11.7 Å². The number of benzene rings is 2. The van der Waals surface area contributed by atoms with Crippen molar-refractivity contribution in [2.24, 2.45) is 0 Å². The number of aliphatic carboxylic acids is 1. The van der Waals surface area contributed by atoms with Gasteiger partial charge in [-0.25, -0.2) is 0 Å². The molecule has 3 aromatic rings. The van der Waals surface area contributed by atoms with Crippen LogP contribution in [0.5, 0.6) is 0 Å². The molecule has 4 heteroatoms. The summed E-state index contributed by atoms with van der Waals surface area (Å²) >= 11 is 0. The van der Waals surface area contributed by atoms with Crippen LogP contribution in [0.25, 0.3) is 11.1 Å². The van der Waals surface area contributed by atoms with E-state index in [1.165, 1.54) is 5.56 Å². The maximum atomic E-state index is 11.9. The number of likely N-dealkylation sites (tertiary alicyclic amines) is 1. The number of hydrogen-bond acceptors (Lipinski definition) is 3. The van der Waals surface area contributed by atoms with Crippen LogP contribution in [0.4, 0.5) is 0 Å². The summed E-state index contributed by atoms with van der Waals surface area (Å²) in [6.07, 6.45) is 4.42. The first-order chi connectivity index (χ1) is 13.7. The Morgan fingerprint density at radius 1 is 0.929 bits per heavy atom. The van der Waals surface area contributed by atoms with E-state index >= 15 is 0 Å². The first kappa shape index (κ1) is 18.4. The van der Waals surface area contributed by atoms with Crippen LogP contribution in [0.2, 0.25) is 0 Å². The Kier molecular flexibility index (Phi) is 5.49. The summed E-state index contributed by atoms with van der Waals surface area (Å²) in [5, 5.41) is 9.78. The Morgan fingerprint density at radius 3 is 2.32 bits per heavy atom. The Morgan fingerprint density at radius 2 is 1.64 bits per heavy atom. The zero-order valence-electron chi connectivity index (χ0n) is 15.7. The average Bonchev–Trinajstić information content (AvgIpc) is 2.76. The minimum absolute atomic E-state index is 0.160. The number of pyridine rings is 1. The number of rotatable bonds is 5. The van der Waals surface area contributed by atoms with E-state index in [0.29, 0.717) is 6.42 Å². The quantitative estimate of drug-likeness (QED) is 0.700. The first-order valence-corrected chi connectivity index (χ1v) is 9.79. The smallest absolute Gasteiger partial charge is 0.320 e.